The lowest BCUT2D eigenvalue weighted by Gasteiger charge is -2.35. The first kappa shape index (κ1) is 21.8. The number of nitro groups is 1. The number of carbonyl (C=O) groups is 2. The molecular weight excluding hydrogens is 414 g/mol. The van der Waals surface area contributed by atoms with Crippen molar-refractivity contribution in [3.63, 3.8) is 0 Å². The number of nitro benzene ring substituents is 1. The second kappa shape index (κ2) is 9.27. The minimum Gasteiger partial charge on any atom is -0.449 e. The zero-order chi connectivity index (χ0) is 21.8. The predicted octanol–water partition coefficient (Wildman–Crippen LogP) is 3.22. The van der Waals surface area contributed by atoms with Crippen LogP contribution >= 0.6 is 11.6 Å². The number of non-ortho nitro benzene ring substituents is 1. The molecule has 1 saturated heterocycles. The summed E-state index contributed by atoms with van der Waals surface area (Å²) in [6.07, 6.45) is -0.942. The summed E-state index contributed by atoms with van der Waals surface area (Å²) in [5, 5.41) is 10.9. The molecule has 1 atom stereocenters. The van der Waals surface area contributed by atoms with Gasteiger partial charge in [0.15, 0.2) is 6.10 Å². The molecule has 1 aliphatic rings. The van der Waals surface area contributed by atoms with Gasteiger partial charge in [-0.2, -0.15) is 0 Å². The highest BCUT2D eigenvalue weighted by Gasteiger charge is 2.28. The van der Waals surface area contributed by atoms with Crippen LogP contribution in [0.2, 0.25) is 5.02 Å². The molecule has 1 fully saturated rings. The van der Waals surface area contributed by atoms with E-state index >= 15 is 0 Å². The molecule has 2 heterocycles. The van der Waals surface area contributed by atoms with Crippen molar-refractivity contribution in [2.45, 2.75) is 20.0 Å². The van der Waals surface area contributed by atoms with Crippen molar-refractivity contribution < 1.29 is 23.7 Å². The van der Waals surface area contributed by atoms with Crippen LogP contribution in [0.25, 0.3) is 11.3 Å². The Morgan fingerprint density at radius 2 is 1.93 bits per heavy atom. The number of halogens is 1. The summed E-state index contributed by atoms with van der Waals surface area (Å²) in [6, 6.07) is 6.86. The van der Waals surface area contributed by atoms with E-state index in [9.17, 15) is 19.7 Å². The predicted molar refractivity (Wildman–Crippen MR) is 109 cm³/mol. The summed E-state index contributed by atoms with van der Waals surface area (Å²) in [5.41, 5.74) is 0.251. The van der Waals surface area contributed by atoms with Gasteiger partial charge in [-0.1, -0.05) is 18.5 Å². The average Bonchev–Trinajstić information content (AvgIpc) is 3.23. The SMILES string of the molecule is CCN1CCN(C(=O)[C@@H](C)OC(=O)c2ccc(-c3ccc([N+](=O)[O-])cc3Cl)o2)CC1. The van der Waals surface area contributed by atoms with Gasteiger partial charge < -0.3 is 19.0 Å². The standard InChI is InChI=1S/C20H22ClN3O6/c1-3-22-8-10-23(11-9-22)19(25)13(2)29-20(26)18-7-6-17(30-18)15-5-4-14(24(27)28)12-16(15)21/h4-7,12-13H,3,8-11H2,1-2H3/t13-/m1/s1. The second-order valence-corrected chi connectivity index (χ2v) is 7.30. The Bertz CT molecular complexity index is 952. The first-order valence-electron chi connectivity index (χ1n) is 9.56. The molecule has 1 aliphatic heterocycles. The molecule has 1 aromatic heterocycles. The van der Waals surface area contributed by atoms with Crippen LogP contribution in [0.1, 0.15) is 24.4 Å². The Labute approximate surface area is 178 Å². The molecule has 0 bridgehead atoms. The minimum atomic E-state index is -0.942. The number of hydrogen-bond donors (Lipinski definition) is 0. The maximum absolute atomic E-state index is 12.5. The fourth-order valence-corrected chi connectivity index (χ4v) is 3.49. The maximum atomic E-state index is 12.5. The number of likely N-dealkylation sites (N-methyl/N-ethyl adjacent to an activating group) is 1. The molecule has 0 radical (unpaired) electrons. The van der Waals surface area contributed by atoms with Crippen molar-refractivity contribution in [2.24, 2.45) is 0 Å². The summed E-state index contributed by atoms with van der Waals surface area (Å²) in [7, 11) is 0. The van der Waals surface area contributed by atoms with Crippen molar-refractivity contribution in [1.82, 2.24) is 9.80 Å². The average molecular weight is 436 g/mol. The van der Waals surface area contributed by atoms with E-state index in [-0.39, 0.29) is 28.1 Å². The molecule has 9 nitrogen and oxygen atoms in total. The van der Waals surface area contributed by atoms with Gasteiger partial charge in [0.2, 0.25) is 5.76 Å². The molecule has 3 rings (SSSR count). The largest absolute Gasteiger partial charge is 0.449 e. The third kappa shape index (κ3) is 4.80. The molecule has 1 aromatic carbocycles. The summed E-state index contributed by atoms with van der Waals surface area (Å²) in [5.74, 6) is -0.844. The van der Waals surface area contributed by atoms with Gasteiger partial charge in [0.25, 0.3) is 11.6 Å². The van der Waals surface area contributed by atoms with E-state index in [0.717, 1.165) is 19.6 Å². The Morgan fingerprint density at radius 3 is 2.53 bits per heavy atom. The van der Waals surface area contributed by atoms with E-state index in [4.69, 9.17) is 20.8 Å². The van der Waals surface area contributed by atoms with Crippen LogP contribution in [0, 0.1) is 10.1 Å². The molecule has 0 N–H and O–H groups in total. The monoisotopic (exact) mass is 435 g/mol. The fraction of sp³-hybridized carbons (Fsp3) is 0.400. The van der Waals surface area contributed by atoms with E-state index < -0.39 is 17.0 Å². The van der Waals surface area contributed by atoms with E-state index in [1.54, 1.807) is 4.90 Å². The molecule has 0 unspecified atom stereocenters. The van der Waals surface area contributed by atoms with Gasteiger partial charge in [0.05, 0.1) is 9.95 Å². The van der Waals surface area contributed by atoms with E-state index in [0.29, 0.717) is 18.7 Å². The molecule has 0 spiro atoms. The van der Waals surface area contributed by atoms with Crippen LogP contribution in [0.5, 0.6) is 0 Å². The molecule has 160 valence electrons. The van der Waals surface area contributed by atoms with E-state index in [2.05, 4.69) is 11.8 Å². The molecule has 30 heavy (non-hydrogen) atoms. The number of benzene rings is 1. The highest BCUT2D eigenvalue weighted by atomic mass is 35.5. The van der Waals surface area contributed by atoms with Gasteiger partial charge in [-0.3, -0.25) is 14.9 Å². The second-order valence-electron chi connectivity index (χ2n) is 6.89. The van der Waals surface area contributed by atoms with Gasteiger partial charge in [0.1, 0.15) is 5.76 Å². The van der Waals surface area contributed by atoms with Gasteiger partial charge in [0, 0.05) is 43.9 Å². The van der Waals surface area contributed by atoms with Crippen molar-refractivity contribution >= 4 is 29.2 Å². The van der Waals surface area contributed by atoms with Crippen molar-refractivity contribution in [1.29, 1.82) is 0 Å². The third-order valence-electron chi connectivity index (χ3n) is 5.00. The van der Waals surface area contributed by atoms with Gasteiger partial charge >= 0.3 is 5.97 Å². The number of esters is 1. The lowest BCUT2D eigenvalue weighted by molar-refractivity contribution is -0.384. The fourth-order valence-electron chi connectivity index (χ4n) is 3.22. The molecule has 2 aromatic rings. The van der Waals surface area contributed by atoms with Crippen LogP contribution in [0.3, 0.4) is 0 Å². The van der Waals surface area contributed by atoms with Crippen LogP contribution in [-0.4, -0.2) is 65.4 Å². The summed E-state index contributed by atoms with van der Waals surface area (Å²) < 4.78 is 10.8. The first-order chi connectivity index (χ1) is 14.3. The highest BCUT2D eigenvalue weighted by molar-refractivity contribution is 6.33. The van der Waals surface area contributed by atoms with Crippen LogP contribution in [0.15, 0.2) is 34.7 Å². The van der Waals surface area contributed by atoms with Crippen LogP contribution < -0.4 is 0 Å². The lowest BCUT2D eigenvalue weighted by Crippen LogP contribution is -2.51. The summed E-state index contributed by atoms with van der Waals surface area (Å²) in [4.78, 5) is 39.1. The van der Waals surface area contributed by atoms with E-state index in [1.165, 1.54) is 37.3 Å². The zero-order valence-corrected chi connectivity index (χ0v) is 17.4. The van der Waals surface area contributed by atoms with E-state index in [1.807, 2.05) is 0 Å². The quantitative estimate of drug-likeness (QED) is 0.389. The van der Waals surface area contributed by atoms with Gasteiger partial charge in [-0.05, 0) is 31.7 Å². The van der Waals surface area contributed by atoms with Crippen molar-refractivity contribution in [3.05, 3.63) is 51.2 Å². The first-order valence-corrected chi connectivity index (χ1v) is 9.94. The number of rotatable bonds is 6. The zero-order valence-electron chi connectivity index (χ0n) is 16.7. The minimum absolute atomic E-state index is 0.0881. The number of piperazine rings is 1. The number of hydrogen-bond acceptors (Lipinski definition) is 7. The molecular formula is C20H22ClN3O6. The van der Waals surface area contributed by atoms with Crippen LogP contribution in [0.4, 0.5) is 5.69 Å². The van der Waals surface area contributed by atoms with Crippen molar-refractivity contribution in [3.8, 4) is 11.3 Å². The van der Waals surface area contributed by atoms with Gasteiger partial charge in [-0.15, -0.1) is 0 Å². The summed E-state index contributed by atoms with van der Waals surface area (Å²) >= 11 is 6.10. The number of carbonyl (C=O) groups excluding carboxylic acids is 2. The topological polar surface area (TPSA) is 106 Å². The molecule has 0 aliphatic carbocycles. The number of ether oxygens (including phenoxy) is 1. The smallest absolute Gasteiger partial charge is 0.375 e. The molecule has 10 heteroatoms. The number of nitrogens with zero attached hydrogens (tertiary/aromatic N) is 3. The van der Waals surface area contributed by atoms with Gasteiger partial charge in [-0.25, -0.2) is 4.79 Å². The molecule has 0 saturated carbocycles. The Balaban J connectivity index is 1.64. The van der Waals surface area contributed by atoms with Crippen LogP contribution in [-0.2, 0) is 9.53 Å². The Kier molecular flexibility index (Phi) is 6.73. The number of furan rings is 1. The molecule has 1 amide bonds. The Morgan fingerprint density at radius 1 is 1.23 bits per heavy atom. The maximum Gasteiger partial charge on any atom is 0.375 e. The highest BCUT2D eigenvalue weighted by Crippen LogP contribution is 2.32. The number of amides is 1. The summed E-state index contributed by atoms with van der Waals surface area (Å²) in [6.45, 7) is 7.32. The third-order valence-corrected chi connectivity index (χ3v) is 5.31. The normalized spacial score (nSPS) is 15.6. The van der Waals surface area contributed by atoms with Crippen molar-refractivity contribution in [2.75, 3.05) is 32.7 Å². The lowest BCUT2D eigenvalue weighted by atomic mass is 10.1. The Hall–Kier alpha value is -2.91.